The molecule has 1 heterocycles. The van der Waals surface area contributed by atoms with Crippen molar-refractivity contribution in [1.82, 2.24) is 4.98 Å². The summed E-state index contributed by atoms with van der Waals surface area (Å²) < 4.78 is 39.2. The number of benzene rings is 2. The summed E-state index contributed by atoms with van der Waals surface area (Å²) in [5.41, 5.74) is 0.461. The first-order valence-electron chi connectivity index (χ1n) is 6.00. The average Bonchev–Trinajstić information content (AvgIpc) is 2.92. The van der Waals surface area contributed by atoms with E-state index in [1.807, 2.05) is 0 Å². The summed E-state index contributed by atoms with van der Waals surface area (Å²) in [6.45, 7) is 0. The molecule has 0 fully saturated rings. The van der Waals surface area contributed by atoms with Crippen LogP contribution < -0.4 is 4.74 Å². The van der Waals surface area contributed by atoms with E-state index in [0.717, 1.165) is 0 Å². The predicted molar refractivity (Wildman–Crippen MR) is 70.0 cm³/mol. The van der Waals surface area contributed by atoms with E-state index >= 15 is 0 Å². The van der Waals surface area contributed by atoms with E-state index in [-0.39, 0.29) is 11.3 Å². The molecule has 3 aromatic rings. The van der Waals surface area contributed by atoms with Crippen LogP contribution in [0.4, 0.5) is 8.78 Å². The van der Waals surface area contributed by atoms with Crippen LogP contribution in [0.5, 0.6) is 5.75 Å². The molecule has 1 aromatic heterocycles. The second-order valence-corrected chi connectivity index (χ2v) is 4.26. The molecule has 0 N–H and O–H groups in total. The lowest BCUT2D eigenvalue weighted by Gasteiger charge is -2.15. The van der Waals surface area contributed by atoms with Crippen molar-refractivity contribution in [2.24, 2.45) is 0 Å². The standard InChI is InChI=1S/C15H11F2NO2/c1-19-12-8-4-2-6-10(12)15(16,17)14-18-11-7-3-5-9-13(11)20-14/h2-9H,1H3. The summed E-state index contributed by atoms with van der Waals surface area (Å²) in [6.07, 6.45) is 0. The van der Waals surface area contributed by atoms with Gasteiger partial charge >= 0.3 is 5.92 Å². The summed E-state index contributed by atoms with van der Waals surface area (Å²) >= 11 is 0. The third-order valence-corrected chi connectivity index (χ3v) is 3.01. The van der Waals surface area contributed by atoms with Crippen molar-refractivity contribution in [3.8, 4) is 5.75 Å². The number of rotatable bonds is 3. The van der Waals surface area contributed by atoms with Gasteiger partial charge in [-0.05, 0) is 24.3 Å². The summed E-state index contributed by atoms with van der Waals surface area (Å²) in [4.78, 5) is 3.86. The van der Waals surface area contributed by atoms with Gasteiger partial charge in [-0.25, -0.2) is 4.98 Å². The van der Waals surface area contributed by atoms with Gasteiger partial charge in [-0.2, -0.15) is 8.78 Å². The molecule has 0 saturated heterocycles. The summed E-state index contributed by atoms with van der Waals surface area (Å²) in [5, 5.41) is 0. The first-order valence-corrected chi connectivity index (χ1v) is 6.00. The van der Waals surface area contributed by atoms with Crippen LogP contribution in [0, 0.1) is 0 Å². The fraction of sp³-hybridized carbons (Fsp3) is 0.133. The second kappa shape index (κ2) is 4.59. The van der Waals surface area contributed by atoms with Crippen LogP contribution in [0.2, 0.25) is 0 Å². The molecule has 5 heteroatoms. The molecular formula is C15H11F2NO2. The number of halogens is 2. The van der Waals surface area contributed by atoms with E-state index in [0.29, 0.717) is 11.1 Å². The van der Waals surface area contributed by atoms with Crippen molar-refractivity contribution in [2.75, 3.05) is 7.11 Å². The fourth-order valence-corrected chi connectivity index (χ4v) is 2.03. The SMILES string of the molecule is COc1ccccc1C(F)(F)c1nc2ccccc2o1. The molecule has 0 aliphatic rings. The third kappa shape index (κ3) is 1.91. The molecule has 20 heavy (non-hydrogen) atoms. The molecule has 0 amide bonds. The first kappa shape index (κ1) is 12.6. The molecule has 0 saturated carbocycles. The lowest BCUT2D eigenvalue weighted by atomic mass is 10.1. The minimum Gasteiger partial charge on any atom is -0.496 e. The van der Waals surface area contributed by atoms with Gasteiger partial charge < -0.3 is 9.15 Å². The zero-order chi connectivity index (χ0) is 14.2. The summed E-state index contributed by atoms with van der Waals surface area (Å²) in [6, 6.07) is 12.6. The predicted octanol–water partition coefficient (Wildman–Crippen LogP) is 3.98. The van der Waals surface area contributed by atoms with Crippen LogP contribution in [0.3, 0.4) is 0 Å². The van der Waals surface area contributed by atoms with E-state index < -0.39 is 11.8 Å². The van der Waals surface area contributed by atoms with Gasteiger partial charge in [0.25, 0.3) is 5.89 Å². The molecule has 102 valence electrons. The van der Waals surface area contributed by atoms with Crippen molar-refractivity contribution in [3.05, 3.63) is 60.0 Å². The average molecular weight is 275 g/mol. The molecule has 0 spiro atoms. The Morgan fingerprint density at radius 1 is 1.05 bits per heavy atom. The van der Waals surface area contributed by atoms with Crippen LogP contribution in [-0.2, 0) is 5.92 Å². The molecule has 0 radical (unpaired) electrons. The monoisotopic (exact) mass is 275 g/mol. The lowest BCUT2D eigenvalue weighted by molar-refractivity contribution is 0.0125. The Balaban J connectivity index is 2.15. The van der Waals surface area contributed by atoms with Crippen molar-refractivity contribution >= 4 is 11.1 Å². The Kier molecular flexibility index (Phi) is 2.89. The number of hydrogen-bond acceptors (Lipinski definition) is 3. The molecule has 2 aromatic carbocycles. The Bertz CT molecular complexity index is 719. The minimum absolute atomic E-state index is 0.0970. The van der Waals surface area contributed by atoms with E-state index in [4.69, 9.17) is 9.15 Å². The zero-order valence-corrected chi connectivity index (χ0v) is 10.6. The Hall–Kier alpha value is -2.43. The molecule has 0 bridgehead atoms. The highest BCUT2D eigenvalue weighted by Crippen LogP contribution is 2.40. The van der Waals surface area contributed by atoms with E-state index in [2.05, 4.69) is 4.98 Å². The molecule has 0 aliphatic carbocycles. The van der Waals surface area contributed by atoms with Gasteiger partial charge in [-0.15, -0.1) is 0 Å². The number of ether oxygens (including phenoxy) is 1. The third-order valence-electron chi connectivity index (χ3n) is 3.01. The quantitative estimate of drug-likeness (QED) is 0.725. The minimum atomic E-state index is -3.36. The van der Waals surface area contributed by atoms with Crippen LogP contribution >= 0.6 is 0 Å². The molecule has 0 unspecified atom stereocenters. The Morgan fingerprint density at radius 2 is 1.75 bits per heavy atom. The number of aromatic nitrogens is 1. The summed E-state index contributed by atoms with van der Waals surface area (Å²) in [7, 11) is 1.35. The highest BCUT2D eigenvalue weighted by molar-refractivity contribution is 5.72. The van der Waals surface area contributed by atoms with Gasteiger partial charge in [0.1, 0.15) is 11.3 Å². The largest absolute Gasteiger partial charge is 0.496 e. The highest BCUT2D eigenvalue weighted by Gasteiger charge is 2.42. The maximum absolute atomic E-state index is 14.5. The van der Waals surface area contributed by atoms with E-state index in [1.165, 1.54) is 25.3 Å². The molecule has 3 nitrogen and oxygen atoms in total. The van der Waals surface area contributed by atoms with Gasteiger partial charge in [0, 0.05) is 0 Å². The summed E-state index contributed by atoms with van der Waals surface area (Å²) in [5.74, 6) is -3.89. The Morgan fingerprint density at radius 3 is 2.50 bits per heavy atom. The molecule has 0 aliphatic heterocycles. The maximum Gasteiger partial charge on any atom is 0.351 e. The van der Waals surface area contributed by atoms with E-state index in [9.17, 15) is 8.78 Å². The topological polar surface area (TPSA) is 35.3 Å². The first-order chi connectivity index (χ1) is 9.63. The smallest absolute Gasteiger partial charge is 0.351 e. The highest BCUT2D eigenvalue weighted by atomic mass is 19.3. The van der Waals surface area contributed by atoms with Gasteiger partial charge in [0.2, 0.25) is 0 Å². The Labute approximate surface area is 113 Å². The molecular weight excluding hydrogens is 264 g/mol. The van der Waals surface area contributed by atoms with Crippen LogP contribution in [0.15, 0.2) is 52.9 Å². The van der Waals surface area contributed by atoms with Crippen molar-refractivity contribution in [3.63, 3.8) is 0 Å². The second-order valence-electron chi connectivity index (χ2n) is 4.26. The van der Waals surface area contributed by atoms with Crippen LogP contribution in [-0.4, -0.2) is 12.1 Å². The van der Waals surface area contributed by atoms with Gasteiger partial charge in [-0.3, -0.25) is 0 Å². The number of nitrogens with zero attached hydrogens (tertiary/aromatic N) is 1. The molecule has 0 atom stereocenters. The lowest BCUT2D eigenvalue weighted by Crippen LogP contribution is -2.16. The number of methoxy groups -OCH3 is 1. The number of oxazole rings is 1. The maximum atomic E-state index is 14.5. The number of alkyl halides is 2. The van der Waals surface area contributed by atoms with Gasteiger partial charge in [-0.1, -0.05) is 24.3 Å². The fourth-order valence-electron chi connectivity index (χ4n) is 2.03. The van der Waals surface area contributed by atoms with Gasteiger partial charge in [0.05, 0.1) is 12.7 Å². The van der Waals surface area contributed by atoms with Crippen molar-refractivity contribution in [2.45, 2.75) is 5.92 Å². The van der Waals surface area contributed by atoms with E-state index in [1.54, 1.807) is 30.3 Å². The van der Waals surface area contributed by atoms with Crippen LogP contribution in [0.1, 0.15) is 11.5 Å². The van der Waals surface area contributed by atoms with Crippen molar-refractivity contribution in [1.29, 1.82) is 0 Å². The van der Waals surface area contributed by atoms with Crippen molar-refractivity contribution < 1.29 is 17.9 Å². The zero-order valence-electron chi connectivity index (χ0n) is 10.6. The number of hydrogen-bond donors (Lipinski definition) is 0. The van der Waals surface area contributed by atoms with Gasteiger partial charge in [0.15, 0.2) is 5.58 Å². The normalized spacial score (nSPS) is 11.8. The number of para-hydroxylation sites is 3. The van der Waals surface area contributed by atoms with Crippen LogP contribution in [0.25, 0.3) is 11.1 Å². The molecule has 3 rings (SSSR count). The number of fused-ring (bicyclic) bond motifs is 1.